The predicted molar refractivity (Wildman–Crippen MR) is 83.1 cm³/mol. The van der Waals surface area contributed by atoms with Crippen LogP contribution < -0.4 is 5.32 Å². The van der Waals surface area contributed by atoms with Gasteiger partial charge in [-0.15, -0.1) is 0 Å². The molecule has 5 nitrogen and oxygen atoms in total. The molecule has 1 aliphatic rings. The number of halogens is 1. The zero-order valence-corrected chi connectivity index (χ0v) is 12.4. The summed E-state index contributed by atoms with van der Waals surface area (Å²) in [7, 11) is 0. The van der Waals surface area contributed by atoms with E-state index in [-0.39, 0.29) is 17.6 Å². The number of amides is 2. The molecular weight excluding hydrogens is 295 g/mol. The Bertz CT molecular complexity index is 757. The Labute approximate surface area is 133 Å². The van der Waals surface area contributed by atoms with Gasteiger partial charge in [-0.3, -0.25) is 4.98 Å². The van der Waals surface area contributed by atoms with E-state index in [0.29, 0.717) is 12.2 Å². The maximum Gasteiger partial charge on any atom is 0.322 e. The number of carbonyl (C=O) groups is 1. The van der Waals surface area contributed by atoms with Crippen LogP contribution in [0.25, 0.3) is 0 Å². The molecule has 1 aromatic carbocycles. The van der Waals surface area contributed by atoms with Gasteiger partial charge in [-0.25, -0.2) is 9.18 Å². The Kier molecular flexibility index (Phi) is 4.20. The van der Waals surface area contributed by atoms with Gasteiger partial charge < -0.3 is 10.2 Å². The summed E-state index contributed by atoms with van der Waals surface area (Å²) in [5, 5.41) is 11.8. The van der Waals surface area contributed by atoms with Crippen LogP contribution in [0.3, 0.4) is 0 Å². The number of rotatable bonds is 2. The third-order valence-corrected chi connectivity index (χ3v) is 3.95. The number of hydrogen-bond donors (Lipinski definition) is 1. The molecule has 1 fully saturated rings. The molecule has 6 heteroatoms. The average Bonchev–Trinajstić information content (AvgIpc) is 3.07. The number of carbonyl (C=O) groups excluding carboxylic acids is 1. The van der Waals surface area contributed by atoms with E-state index in [1.165, 1.54) is 12.1 Å². The lowest BCUT2D eigenvalue weighted by molar-refractivity contribution is 0.207. The van der Waals surface area contributed by atoms with E-state index in [1.807, 2.05) is 18.2 Å². The van der Waals surface area contributed by atoms with Crippen molar-refractivity contribution in [1.82, 2.24) is 9.88 Å². The number of pyridine rings is 1. The van der Waals surface area contributed by atoms with Crippen LogP contribution in [0.1, 0.15) is 30.0 Å². The lowest BCUT2D eigenvalue weighted by Gasteiger charge is -2.25. The van der Waals surface area contributed by atoms with Crippen LogP contribution >= 0.6 is 0 Å². The normalized spacial score (nSPS) is 16.9. The molecule has 1 N–H and O–H groups in total. The second kappa shape index (κ2) is 6.44. The zero-order chi connectivity index (χ0) is 16.2. The van der Waals surface area contributed by atoms with E-state index < -0.39 is 5.82 Å². The van der Waals surface area contributed by atoms with Gasteiger partial charge in [0, 0.05) is 18.9 Å². The number of aromatic nitrogens is 1. The first-order valence-corrected chi connectivity index (χ1v) is 7.36. The molecule has 0 saturated carbocycles. The number of nitrogens with zero attached hydrogens (tertiary/aromatic N) is 3. The smallest absolute Gasteiger partial charge is 0.317 e. The monoisotopic (exact) mass is 310 g/mol. The van der Waals surface area contributed by atoms with E-state index in [2.05, 4.69) is 10.3 Å². The van der Waals surface area contributed by atoms with Crippen LogP contribution in [-0.4, -0.2) is 22.5 Å². The van der Waals surface area contributed by atoms with Gasteiger partial charge in [-0.05, 0) is 48.7 Å². The molecule has 23 heavy (non-hydrogen) atoms. The van der Waals surface area contributed by atoms with E-state index >= 15 is 0 Å². The minimum Gasteiger partial charge on any atom is -0.317 e. The van der Waals surface area contributed by atoms with Crippen molar-refractivity contribution in [2.24, 2.45) is 0 Å². The molecule has 0 spiro atoms. The number of nitriles is 1. The van der Waals surface area contributed by atoms with Crippen molar-refractivity contribution in [3.63, 3.8) is 0 Å². The van der Waals surface area contributed by atoms with Gasteiger partial charge in [0.2, 0.25) is 0 Å². The SMILES string of the molecule is N#Cc1cc(F)ccc1NC(=O)N1CCCC1c1ccncc1. The molecule has 2 amide bonds. The number of anilines is 1. The van der Waals surface area contributed by atoms with Gasteiger partial charge in [0.05, 0.1) is 17.3 Å². The van der Waals surface area contributed by atoms with Crippen molar-refractivity contribution in [3.05, 3.63) is 59.7 Å². The maximum atomic E-state index is 13.2. The van der Waals surface area contributed by atoms with Crippen LogP contribution in [0.2, 0.25) is 0 Å². The molecule has 1 aromatic heterocycles. The Morgan fingerprint density at radius 3 is 2.87 bits per heavy atom. The van der Waals surface area contributed by atoms with Crippen molar-refractivity contribution in [3.8, 4) is 6.07 Å². The molecule has 2 aromatic rings. The first-order chi connectivity index (χ1) is 11.2. The summed E-state index contributed by atoms with van der Waals surface area (Å²) in [4.78, 5) is 18.3. The van der Waals surface area contributed by atoms with Gasteiger partial charge in [0.1, 0.15) is 11.9 Å². The fourth-order valence-electron chi connectivity index (χ4n) is 2.85. The third kappa shape index (κ3) is 3.14. The van der Waals surface area contributed by atoms with E-state index in [9.17, 15) is 9.18 Å². The van der Waals surface area contributed by atoms with Crippen molar-refractivity contribution in [2.75, 3.05) is 11.9 Å². The molecule has 0 radical (unpaired) electrons. The summed E-state index contributed by atoms with van der Waals surface area (Å²) in [5.41, 5.74) is 1.46. The van der Waals surface area contributed by atoms with Gasteiger partial charge in [-0.1, -0.05) is 0 Å². The van der Waals surface area contributed by atoms with Crippen molar-refractivity contribution in [2.45, 2.75) is 18.9 Å². The highest BCUT2D eigenvalue weighted by molar-refractivity contribution is 5.91. The first kappa shape index (κ1) is 15.0. The molecule has 1 atom stereocenters. The van der Waals surface area contributed by atoms with Crippen LogP contribution in [0, 0.1) is 17.1 Å². The summed E-state index contributed by atoms with van der Waals surface area (Å²) < 4.78 is 13.2. The van der Waals surface area contributed by atoms with Crippen LogP contribution in [0.15, 0.2) is 42.7 Å². The van der Waals surface area contributed by atoms with Crippen LogP contribution in [0.4, 0.5) is 14.9 Å². The van der Waals surface area contributed by atoms with E-state index in [4.69, 9.17) is 5.26 Å². The molecule has 116 valence electrons. The molecule has 0 bridgehead atoms. The number of benzene rings is 1. The minimum atomic E-state index is -0.504. The fraction of sp³-hybridized carbons (Fsp3) is 0.235. The quantitative estimate of drug-likeness (QED) is 0.923. The maximum absolute atomic E-state index is 13.2. The van der Waals surface area contributed by atoms with Crippen LogP contribution in [-0.2, 0) is 0 Å². The largest absolute Gasteiger partial charge is 0.322 e. The standard InChI is InChI=1S/C17H15FN4O/c18-14-3-4-15(13(10-14)11-19)21-17(23)22-9-1-2-16(22)12-5-7-20-8-6-12/h3-8,10,16H,1-2,9H2,(H,21,23). The summed E-state index contributed by atoms with van der Waals surface area (Å²) in [6.45, 7) is 0.641. The van der Waals surface area contributed by atoms with Gasteiger partial charge in [0.25, 0.3) is 0 Å². The lowest BCUT2D eigenvalue weighted by atomic mass is 10.1. The highest BCUT2D eigenvalue weighted by Gasteiger charge is 2.30. The number of likely N-dealkylation sites (tertiary alicyclic amines) is 1. The molecule has 1 unspecified atom stereocenters. The summed E-state index contributed by atoms with van der Waals surface area (Å²) in [6.07, 6.45) is 5.20. The topological polar surface area (TPSA) is 69.0 Å². The molecule has 1 saturated heterocycles. The first-order valence-electron chi connectivity index (χ1n) is 7.36. The van der Waals surface area contributed by atoms with Gasteiger partial charge in [-0.2, -0.15) is 5.26 Å². The second-order valence-electron chi connectivity index (χ2n) is 5.36. The molecule has 3 rings (SSSR count). The van der Waals surface area contributed by atoms with Crippen molar-refractivity contribution < 1.29 is 9.18 Å². The van der Waals surface area contributed by atoms with Gasteiger partial charge in [0.15, 0.2) is 0 Å². The Morgan fingerprint density at radius 1 is 1.35 bits per heavy atom. The highest BCUT2D eigenvalue weighted by atomic mass is 19.1. The van der Waals surface area contributed by atoms with Crippen molar-refractivity contribution >= 4 is 11.7 Å². The summed E-state index contributed by atoms with van der Waals surface area (Å²) in [5.74, 6) is -0.504. The number of hydrogen-bond acceptors (Lipinski definition) is 3. The molecule has 1 aliphatic heterocycles. The molecule has 0 aliphatic carbocycles. The number of urea groups is 1. The third-order valence-electron chi connectivity index (χ3n) is 3.95. The minimum absolute atomic E-state index is 0.0102. The van der Waals surface area contributed by atoms with Crippen molar-refractivity contribution in [1.29, 1.82) is 5.26 Å². The van der Waals surface area contributed by atoms with E-state index in [0.717, 1.165) is 24.5 Å². The Morgan fingerprint density at radius 2 is 2.13 bits per heavy atom. The zero-order valence-electron chi connectivity index (χ0n) is 12.4. The Balaban J connectivity index is 1.79. The Hall–Kier alpha value is -2.94. The average molecular weight is 310 g/mol. The van der Waals surface area contributed by atoms with Crippen LogP contribution in [0.5, 0.6) is 0 Å². The van der Waals surface area contributed by atoms with Gasteiger partial charge >= 0.3 is 6.03 Å². The predicted octanol–water partition coefficient (Wildman–Crippen LogP) is 3.46. The summed E-state index contributed by atoms with van der Waals surface area (Å²) in [6, 6.07) is 9.13. The molecule has 2 heterocycles. The van der Waals surface area contributed by atoms with E-state index in [1.54, 1.807) is 17.3 Å². The molecular formula is C17H15FN4O. The number of nitrogens with one attached hydrogen (secondary N) is 1. The highest BCUT2D eigenvalue weighted by Crippen LogP contribution is 2.32. The fourth-order valence-corrected chi connectivity index (χ4v) is 2.85. The summed E-state index contributed by atoms with van der Waals surface area (Å²) >= 11 is 0. The lowest BCUT2D eigenvalue weighted by Crippen LogP contribution is -2.34. The second-order valence-corrected chi connectivity index (χ2v) is 5.36.